The lowest BCUT2D eigenvalue weighted by atomic mass is 10.1. The maximum Gasteiger partial charge on any atom is 0.242 e. The molecule has 1 N–H and O–H groups in total. The molecule has 0 fully saturated rings. The van der Waals surface area contributed by atoms with E-state index in [9.17, 15) is 14.0 Å². The molecule has 0 heterocycles. The second-order valence-electron chi connectivity index (χ2n) is 6.51. The Hall–Kier alpha value is -2.34. The van der Waals surface area contributed by atoms with E-state index in [1.54, 1.807) is 35.7 Å². The van der Waals surface area contributed by atoms with Crippen molar-refractivity contribution in [2.24, 2.45) is 0 Å². The van der Waals surface area contributed by atoms with Gasteiger partial charge in [0, 0.05) is 31.0 Å². The predicted molar refractivity (Wildman–Crippen MR) is 112 cm³/mol. The molecule has 150 valence electrons. The minimum atomic E-state index is -0.586. The first-order valence-corrected chi connectivity index (χ1v) is 10.6. The van der Waals surface area contributed by atoms with Gasteiger partial charge in [0.05, 0.1) is 0 Å². The van der Waals surface area contributed by atoms with E-state index in [0.29, 0.717) is 18.7 Å². The van der Waals surface area contributed by atoms with Gasteiger partial charge in [-0.1, -0.05) is 42.5 Å². The fraction of sp³-hybridized carbons (Fsp3) is 0.364. The predicted octanol–water partition coefficient (Wildman–Crippen LogP) is 4.00. The summed E-state index contributed by atoms with van der Waals surface area (Å²) in [5.41, 5.74) is 2.02. The van der Waals surface area contributed by atoms with Crippen molar-refractivity contribution >= 4 is 23.6 Å². The number of amides is 2. The molecule has 28 heavy (non-hydrogen) atoms. The second kappa shape index (κ2) is 11.5. The van der Waals surface area contributed by atoms with Gasteiger partial charge in [-0.2, -0.15) is 11.8 Å². The Labute approximate surface area is 170 Å². The zero-order chi connectivity index (χ0) is 20.4. The summed E-state index contributed by atoms with van der Waals surface area (Å²) in [4.78, 5) is 26.7. The molecule has 0 aliphatic rings. The van der Waals surface area contributed by atoms with Crippen LogP contribution in [0.15, 0.2) is 54.6 Å². The average molecular weight is 403 g/mol. The number of rotatable bonds is 10. The lowest BCUT2D eigenvalue weighted by molar-refractivity contribution is -0.140. The minimum absolute atomic E-state index is 0.0800. The van der Waals surface area contributed by atoms with Gasteiger partial charge in [-0.3, -0.25) is 9.59 Å². The SMILES string of the molecule is CCNC(=O)[C@@H](C)N(Cc1ccc(F)cc1)C(=O)CCSCc1ccccc1. The zero-order valence-electron chi connectivity index (χ0n) is 16.4. The van der Waals surface area contributed by atoms with E-state index in [2.05, 4.69) is 17.4 Å². The van der Waals surface area contributed by atoms with Crippen molar-refractivity contribution < 1.29 is 14.0 Å². The number of benzene rings is 2. The molecule has 0 aliphatic heterocycles. The van der Waals surface area contributed by atoms with Crippen LogP contribution in [0, 0.1) is 5.82 Å². The van der Waals surface area contributed by atoms with E-state index in [-0.39, 0.29) is 24.2 Å². The van der Waals surface area contributed by atoms with Gasteiger partial charge in [0.25, 0.3) is 0 Å². The number of nitrogens with zero attached hydrogens (tertiary/aromatic N) is 1. The third-order valence-corrected chi connectivity index (χ3v) is 5.39. The first-order valence-electron chi connectivity index (χ1n) is 9.44. The Bertz CT molecular complexity index is 753. The van der Waals surface area contributed by atoms with Gasteiger partial charge in [-0.05, 0) is 37.1 Å². The van der Waals surface area contributed by atoms with Crippen LogP contribution in [0.3, 0.4) is 0 Å². The zero-order valence-corrected chi connectivity index (χ0v) is 17.2. The number of halogens is 1. The van der Waals surface area contributed by atoms with Crippen molar-refractivity contribution in [2.75, 3.05) is 12.3 Å². The largest absolute Gasteiger partial charge is 0.355 e. The fourth-order valence-corrected chi connectivity index (χ4v) is 3.65. The Morgan fingerprint density at radius 3 is 2.39 bits per heavy atom. The average Bonchev–Trinajstić information content (AvgIpc) is 2.71. The Balaban J connectivity index is 1.96. The molecule has 0 unspecified atom stereocenters. The molecule has 2 aromatic carbocycles. The topological polar surface area (TPSA) is 49.4 Å². The highest BCUT2D eigenvalue weighted by Gasteiger charge is 2.25. The van der Waals surface area contributed by atoms with Gasteiger partial charge in [-0.15, -0.1) is 0 Å². The Morgan fingerprint density at radius 2 is 1.75 bits per heavy atom. The van der Waals surface area contributed by atoms with Crippen molar-refractivity contribution in [2.45, 2.75) is 38.6 Å². The lowest BCUT2D eigenvalue weighted by Gasteiger charge is -2.28. The molecule has 4 nitrogen and oxygen atoms in total. The molecule has 0 saturated carbocycles. The summed E-state index contributed by atoms with van der Waals surface area (Å²) in [5.74, 6) is 0.933. The summed E-state index contributed by atoms with van der Waals surface area (Å²) in [6.45, 7) is 4.36. The normalized spacial score (nSPS) is 11.7. The van der Waals surface area contributed by atoms with E-state index in [1.165, 1.54) is 17.7 Å². The summed E-state index contributed by atoms with van der Waals surface area (Å²) in [6, 6.07) is 15.5. The molecule has 2 rings (SSSR count). The smallest absolute Gasteiger partial charge is 0.242 e. The van der Waals surface area contributed by atoms with Gasteiger partial charge >= 0.3 is 0 Å². The van der Waals surface area contributed by atoms with Crippen molar-refractivity contribution in [3.63, 3.8) is 0 Å². The van der Waals surface area contributed by atoms with Crippen LogP contribution in [-0.2, 0) is 21.9 Å². The van der Waals surface area contributed by atoms with Gasteiger partial charge in [0.2, 0.25) is 11.8 Å². The first kappa shape index (κ1) is 22.0. The summed E-state index contributed by atoms with van der Waals surface area (Å²) < 4.78 is 13.2. The standard InChI is InChI=1S/C22H27FN2O2S/c1-3-24-22(27)17(2)25(15-18-9-11-20(23)12-10-18)21(26)13-14-28-16-19-7-5-4-6-8-19/h4-12,17H,3,13-16H2,1-2H3,(H,24,27)/t17-/m1/s1. The summed E-state index contributed by atoms with van der Waals surface area (Å²) in [5, 5.41) is 2.77. The van der Waals surface area contributed by atoms with Crippen LogP contribution < -0.4 is 5.32 Å². The van der Waals surface area contributed by atoms with Crippen molar-refractivity contribution in [1.82, 2.24) is 10.2 Å². The van der Waals surface area contributed by atoms with E-state index < -0.39 is 6.04 Å². The summed E-state index contributed by atoms with van der Waals surface area (Å²) in [7, 11) is 0. The number of hydrogen-bond acceptors (Lipinski definition) is 3. The van der Waals surface area contributed by atoms with Crippen LogP contribution in [0.1, 0.15) is 31.4 Å². The first-order chi connectivity index (χ1) is 13.5. The second-order valence-corrected chi connectivity index (χ2v) is 7.61. The molecule has 0 radical (unpaired) electrons. The number of likely N-dealkylation sites (N-methyl/N-ethyl adjacent to an activating group) is 1. The number of nitrogens with one attached hydrogen (secondary N) is 1. The Morgan fingerprint density at radius 1 is 1.07 bits per heavy atom. The van der Waals surface area contributed by atoms with Crippen LogP contribution in [0.25, 0.3) is 0 Å². The number of carbonyl (C=O) groups excluding carboxylic acids is 2. The molecule has 2 aromatic rings. The summed E-state index contributed by atoms with van der Waals surface area (Å²) in [6.07, 6.45) is 0.350. The number of hydrogen-bond donors (Lipinski definition) is 1. The highest BCUT2D eigenvalue weighted by molar-refractivity contribution is 7.98. The summed E-state index contributed by atoms with van der Waals surface area (Å²) >= 11 is 1.69. The molecule has 0 bridgehead atoms. The lowest BCUT2D eigenvalue weighted by Crippen LogP contribution is -2.47. The van der Waals surface area contributed by atoms with Crippen molar-refractivity contribution in [1.29, 1.82) is 0 Å². The van der Waals surface area contributed by atoms with Gasteiger partial charge < -0.3 is 10.2 Å². The van der Waals surface area contributed by atoms with Crippen LogP contribution in [0.2, 0.25) is 0 Å². The van der Waals surface area contributed by atoms with E-state index in [1.807, 2.05) is 25.1 Å². The third-order valence-electron chi connectivity index (χ3n) is 4.36. The van der Waals surface area contributed by atoms with E-state index >= 15 is 0 Å². The van der Waals surface area contributed by atoms with Crippen LogP contribution in [0.5, 0.6) is 0 Å². The van der Waals surface area contributed by atoms with E-state index in [4.69, 9.17) is 0 Å². The number of thioether (sulfide) groups is 1. The highest BCUT2D eigenvalue weighted by Crippen LogP contribution is 2.16. The third kappa shape index (κ3) is 7.00. The maximum absolute atomic E-state index is 13.2. The molecular formula is C22H27FN2O2S. The van der Waals surface area contributed by atoms with Crippen molar-refractivity contribution in [3.8, 4) is 0 Å². The van der Waals surface area contributed by atoms with Crippen LogP contribution in [-0.4, -0.2) is 35.1 Å². The molecular weight excluding hydrogens is 375 g/mol. The van der Waals surface area contributed by atoms with Crippen molar-refractivity contribution in [3.05, 3.63) is 71.5 Å². The highest BCUT2D eigenvalue weighted by atomic mass is 32.2. The monoisotopic (exact) mass is 402 g/mol. The van der Waals surface area contributed by atoms with Crippen LogP contribution >= 0.6 is 11.8 Å². The van der Waals surface area contributed by atoms with Gasteiger partial charge in [0.15, 0.2) is 0 Å². The van der Waals surface area contributed by atoms with Gasteiger partial charge in [-0.25, -0.2) is 4.39 Å². The maximum atomic E-state index is 13.2. The van der Waals surface area contributed by atoms with Gasteiger partial charge in [0.1, 0.15) is 11.9 Å². The van der Waals surface area contributed by atoms with Crippen LogP contribution in [0.4, 0.5) is 4.39 Å². The molecule has 0 saturated heterocycles. The molecule has 1 atom stereocenters. The quantitative estimate of drug-likeness (QED) is 0.611. The Kier molecular flexibility index (Phi) is 9.01. The molecule has 0 spiro atoms. The fourth-order valence-electron chi connectivity index (χ4n) is 2.76. The van der Waals surface area contributed by atoms with E-state index in [0.717, 1.165) is 11.3 Å². The minimum Gasteiger partial charge on any atom is -0.355 e. The number of carbonyl (C=O) groups is 2. The molecule has 0 aromatic heterocycles. The molecule has 6 heteroatoms. The molecule has 0 aliphatic carbocycles. The molecule has 2 amide bonds.